The fraction of sp³-hybridized carbons (Fsp3) is 0.964. The van der Waals surface area contributed by atoms with Gasteiger partial charge in [-0.3, -0.25) is 4.79 Å². The maximum atomic E-state index is 11.7. The summed E-state index contributed by atoms with van der Waals surface area (Å²) >= 11 is 0. The van der Waals surface area contributed by atoms with Gasteiger partial charge in [0.05, 0.1) is 7.11 Å². The van der Waals surface area contributed by atoms with Crippen molar-refractivity contribution in [2.24, 2.45) is 46.3 Å². The number of rotatable bonds is 6. The maximum Gasteiger partial charge on any atom is 0.305 e. The van der Waals surface area contributed by atoms with Crippen molar-refractivity contribution < 1.29 is 29.8 Å². The SMILES string of the molecule is CCC.COC(=O)CCC(C)C1CCC2C3CCC4CC(OO)(OO)CCC4(C)C3CCC12C. The molecule has 0 spiro atoms. The van der Waals surface area contributed by atoms with Crippen LogP contribution in [0.25, 0.3) is 0 Å². The first-order valence-electron chi connectivity index (χ1n) is 13.9. The highest BCUT2D eigenvalue weighted by molar-refractivity contribution is 5.69. The van der Waals surface area contributed by atoms with Crippen LogP contribution in [0.4, 0.5) is 0 Å². The molecular formula is C28H50O6. The Morgan fingerprint density at radius 1 is 0.941 bits per heavy atom. The van der Waals surface area contributed by atoms with E-state index in [0.717, 1.165) is 31.1 Å². The summed E-state index contributed by atoms with van der Waals surface area (Å²) in [6.07, 6.45) is 12.2. The molecule has 0 amide bonds. The van der Waals surface area contributed by atoms with Gasteiger partial charge < -0.3 is 4.74 Å². The van der Waals surface area contributed by atoms with Crippen LogP contribution in [0.15, 0.2) is 0 Å². The molecule has 4 aliphatic carbocycles. The number of methoxy groups -OCH3 is 1. The minimum Gasteiger partial charge on any atom is -0.469 e. The normalized spacial score (nSPS) is 41.2. The Balaban J connectivity index is 0.00000103. The molecule has 4 aliphatic rings. The van der Waals surface area contributed by atoms with E-state index in [1.54, 1.807) is 0 Å². The van der Waals surface area contributed by atoms with Gasteiger partial charge in [0.1, 0.15) is 0 Å². The average molecular weight is 483 g/mol. The highest BCUT2D eigenvalue weighted by Crippen LogP contribution is 2.69. The second kappa shape index (κ2) is 11.1. The van der Waals surface area contributed by atoms with Crippen molar-refractivity contribution in [3.8, 4) is 0 Å². The zero-order valence-electron chi connectivity index (χ0n) is 22.5. The van der Waals surface area contributed by atoms with Gasteiger partial charge in [-0.2, -0.15) is 0 Å². The van der Waals surface area contributed by atoms with Crippen LogP contribution in [-0.2, 0) is 19.3 Å². The lowest BCUT2D eigenvalue weighted by Crippen LogP contribution is -2.56. The first-order valence-corrected chi connectivity index (χ1v) is 13.9. The molecule has 0 aliphatic heterocycles. The van der Waals surface area contributed by atoms with Crippen molar-refractivity contribution in [1.82, 2.24) is 0 Å². The third kappa shape index (κ3) is 4.94. The van der Waals surface area contributed by atoms with Crippen LogP contribution in [-0.4, -0.2) is 29.4 Å². The maximum absolute atomic E-state index is 11.7. The topological polar surface area (TPSA) is 85.2 Å². The number of carbonyl (C=O) groups excluding carboxylic acids is 1. The van der Waals surface area contributed by atoms with Gasteiger partial charge >= 0.3 is 5.97 Å². The summed E-state index contributed by atoms with van der Waals surface area (Å²) in [6.45, 7) is 11.6. The molecule has 2 N–H and O–H groups in total. The number of fused-ring (bicyclic) bond motifs is 5. The quantitative estimate of drug-likeness (QED) is 0.178. The predicted octanol–water partition coefficient (Wildman–Crippen LogP) is 7.33. The van der Waals surface area contributed by atoms with Crippen LogP contribution in [0.3, 0.4) is 0 Å². The molecule has 0 aromatic heterocycles. The Morgan fingerprint density at radius 3 is 2.21 bits per heavy atom. The van der Waals surface area contributed by atoms with E-state index in [9.17, 15) is 15.3 Å². The highest BCUT2D eigenvalue weighted by Gasteiger charge is 2.62. The van der Waals surface area contributed by atoms with Crippen molar-refractivity contribution in [2.45, 2.75) is 117 Å². The minimum absolute atomic E-state index is 0.0893. The third-order valence-electron chi connectivity index (χ3n) is 10.8. The van der Waals surface area contributed by atoms with E-state index in [4.69, 9.17) is 4.74 Å². The molecule has 0 aromatic carbocycles. The zero-order valence-corrected chi connectivity index (χ0v) is 22.5. The average Bonchev–Trinajstić information content (AvgIpc) is 3.19. The van der Waals surface area contributed by atoms with E-state index in [0.29, 0.717) is 48.3 Å². The van der Waals surface area contributed by atoms with E-state index in [-0.39, 0.29) is 11.4 Å². The van der Waals surface area contributed by atoms with Crippen LogP contribution < -0.4 is 0 Å². The number of hydrogen-bond acceptors (Lipinski definition) is 6. The van der Waals surface area contributed by atoms with Crippen molar-refractivity contribution in [3.63, 3.8) is 0 Å². The summed E-state index contributed by atoms with van der Waals surface area (Å²) in [6, 6.07) is 0. The van der Waals surface area contributed by atoms with Gasteiger partial charge in [-0.1, -0.05) is 41.0 Å². The molecule has 8 atom stereocenters. The Hall–Kier alpha value is -0.690. The van der Waals surface area contributed by atoms with Gasteiger partial charge in [-0.15, -0.1) is 0 Å². The molecule has 0 aromatic rings. The van der Waals surface area contributed by atoms with Crippen LogP contribution in [0.2, 0.25) is 0 Å². The van der Waals surface area contributed by atoms with Crippen molar-refractivity contribution >= 4 is 5.97 Å². The van der Waals surface area contributed by atoms with E-state index in [1.807, 2.05) is 0 Å². The molecule has 8 unspecified atom stereocenters. The van der Waals surface area contributed by atoms with Gasteiger partial charge in [-0.25, -0.2) is 20.3 Å². The number of hydrogen-bond donors (Lipinski definition) is 2. The van der Waals surface area contributed by atoms with Crippen molar-refractivity contribution in [3.05, 3.63) is 0 Å². The number of esters is 1. The molecule has 4 fully saturated rings. The van der Waals surface area contributed by atoms with Gasteiger partial charge in [0, 0.05) is 19.3 Å². The van der Waals surface area contributed by atoms with Gasteiger partial charge in [0.15, 0.2) is 0 Å². The standard InChI is InChI=1S/C25H42O6.C3H8/c1-16(5-10-22(26)29-4)19-8-9-20-18-7-6-17-15-25(30-27,31-28)14-13-23(17,2)21(18)11-12-24(19,20)3;1-3-2/h16-21,27-28H,5-15H2,1-4H3;3H2,1-2H3. The zero-order chi connectivity index (χ0) is 25.1. The molecule has 4 rings (SSSR count). The molecule has 0 saturated heterocycles. The molecular weight excluding hydrogens is 432 g/mol. The molecule has 198 valence electrons. The second-order valence-electron chi connectivity index (χ2n) is 12.5. The number of carbonyl (C=O) groups is 1. The first-order chi connectivity index (χ1) is 16.1. The molecule has 0 bridgehead atoms. The Labute approximate surface area is 207 Å². The summed E-state index contributed by atoms with van der Waals surface area (Å²) in [5, 5.41) is 18.7. The van der Waals surface area contributed by atoms with Gasteiger partial charge in [0.2, 0.25) is 5.79 Å². The van der Waals surface area contributed by atoms with Crippen LogP contribution in [0.1, 0.15) is 112 Å². The Bertz CT molecular complexity index is 678. The monoisotopic (exact) mass is 482 g/mol. The summed E-state index contributed by atoms with van der Waals surface area (Å²) in [4.78, 5) is 20.9. The van der Waals surface area contributed by atoms with Crippen LogP contribution in [0, 0.1) is 46.3 Å². The van der Waals surface area contributed by atoms with E-state index >= 15 is 0 Å². The van der Waals surface area contributed by atoms with E-state index in [1.165, 1.54) is 45.6 Å². The third-order valence-corrected chi connectivity index (χ3v) is 10.8. The Kier molecular flexibility index (Phi) is 9.14. The molecule has 0 heterocycles. The van der Waals surface area contributed by atoms with Crippen molar-refractivity contribution in [1.29, 1.82) is 0 Å². The second-order valence-corrected chi connectivity index (χ2v) is 12.5. The molecule has 34 heavy (non-hydrogen) atoms. The number of ether oxygens (including phenoxy) is 1. The minimum atomic E-state index is -1.24. The summed E-state index contributed by atoms with van der Waals surface area (Å²) in [7, 11) is 1.48. The Morgan fingerprint density at radius 2 is 1.59 bits per heavy atom. The molecule has 0 radical (unpaired) electrons. The van der Waals surface area contributed by atoms with Crippen molar-refractivity contribution in [2.75, 3.05) is 7.11 Å². The molecule has 6 heteroatoms. The smallest absolute Gasteiger partial charge is 0.305 e. The van der Waals surface area contributed by atoms with E-state index in [2.05, 4.69) is 44.4 Å². The van der Waals surface area contributed by atoms with Crippen LogP contribution >= 0.6 is 0 Å². The van der Waals surface area contributed by atoms with Gasteiger partial charge in [-0.05, 0) is 97.7 Å². The lowest BCUT2D eigenvalue weighted by atomic mass is 9.44. The largest absolute Gasteiger partial charge is 0.469 e. The molecule has 4 saturated carbocycles. The summed E-state index contributed by atoms with van der Waals surface area (Å²) in [5.41, 5.74) is 0.597. The summed E-state index contributed by atoms with van der Waals surface area (Å²) < 4.78 is 4.87. The molecule has 6 nitrogen and oxygen atoms in total. The van der Waals surface area contributed by atoms with Gasteiger partial charge in [0.25, 0.3) is 0 Å². The fourth-order valence-corrected chi connectivity index (χ4v) is 9.00. The highest BCUT2D eigenvalue weighted by atomic mass is 17.2. The van der Waals surface area contributed by atoms with E-state index < -0.39 is 5.79 Å². The lowest BCUT2D eigenvalue weighted by Gasteiger charge is -2.62. The predicted molar refractivity (Wildman–Crippen MR) is 132 cm³/mol. The summed E-state index contributed by atoms with van der Waals surface area (Å²) in [5.74, 6) is 2.54. The fourth-order valence-electron chi connectivity index (χ4n) is 9.00. The lowest BCUT2D eigenvalue weighted by molar-refractivity contribution is -0.499. The van der Waals surface area contributed by atoms with Crippen LogP contribution in [0.5, 0.6) is 0 Å². The first kappa shape index (κ1) is 27.9.